The van der Waals surface area contributed by atoms with Crippen LogP contribution in [-0.4, -0.2) is 62.3 Å². The molecule has 0 aliphatic carbocycles. The van der Waals surface area contributed by atoms with Gasteiger partial charge in [0, 0.05) is 23.0 Å². The lowest BCUT2D eigenvalue weighted by Gasteiger charge is -2.29. The fourth-order valence-electron chi connectivity index (χ4n) is 5.31. The van der Waals surface area contributed by atoms with E-state index in [4.69, 9.17) is 40.4 Å². The molecule has 0 saturated carbocycles. The first kappa shape index (κ1) is 29.6. The van der Waals surface area contributed by atoms with Gasteiger partial charge in [0.2, 0.25) is 13.1 Å². The highest BCUT2D eigenvalue weighted by atomic mass is 35.5. The van der Waals surface area contributed by atoms with Gasteiger partial charge in [0.15, 0.2) is 17.3 Å². The molecule has 3 aliphatic heterocycles. The Morgan fingerprint density at radius 1 is 1.00 bits per heavy atom. The van der Waals surface area contributed by atoms with Crippen molar-refractivity contribution in [2.45, 2.75) is 25.6 Å². The van der Waals surface area contributed by atoms with Crippen LogP contribution >= 0.6 is 11.6 Å². The van der Waals surface area contributed by atoms with Crippen molar-refractivity contribution in [3.05, 3.63) is 93.7 Å². The third-order valence-electron chi connectivity index (χ3n) is 7.42. The summed E-state index contributed by atoms with van der Waals surface area (Å²) < 4.78 is 28.0. The molecule has 0 bridgehead atoms. The largest absolute Gasteiger partial charge is 0.459 e. The first-order chi connectivity index (χ1) is 21.3. The smallest absolute Gasteiger partial charge is 0.290 e. The Hall–Kier alpha value is -4.42. The molecule has 44 heavy (non-hydrogen) atoms. The topological polar surface area (TPSA) is 133 Å². The number of anilines is 2. The van der Waals surface area contributed by atoms with Gasteiger partial charge in [-0.05, 0) is 72.7 Å². The predicted molar refractivity (Wildman–Crippen MR) is 159 cm³/mol. The number of allylic oxidation sites excluding steroid dienone is 1. The van der Waals surface area contributed by atoms with Crippen LogP contribution in [0.4, 0.5) is 11.4 Å². The third-order valence-corrected chi connectivity index (χ3v) is 7.65. The number of nitrogens with zero attached hydrogens (tertiary/aromatic N) is 1. The second-order valence-corrected chi connectivity index (χ2v) is 10.8. The molecule has 11 nitrogen and oxygen atoms in total. The van der Waals surface area contributed by atoms with Crippen molar-refractivity contribution < 1.29 is 43.2 Å². The summed E-state index contributed by atoms with van der Waals surface area (Å²) in [6.45, 7) is 2.46. The van der Waals surface area contributed by atoms with Crippen LogP contribution in [0.5, 0.6) is 11.5 Å². The van der Waals surface area contributed by atoms with Crippen LogP contribution in [0.2, 0.25) is 5.02 Å². The summed E-state index contributed by atoms with van der Waals surface area (Å²) in [5.41, 5.74) is 2.87. The number of hydrogen-bond donors (Lipinski definition) is 2. The van der Waals surface area contributed by atoms with Gasteiger partial charge in [0.05, 0.1) is 43.2 Å². The number of imide groups is 1. The Balaban J connectivity index is 1.19. The van der Waals surface area contributed by atoms with E-state index in [1.807, 2.05) is 18.2 Å². The maximum atomic E-state index is 13.4. The van der Waals surface area contributed by atoms with Gasteiger partial charge in [-0.3, -0.25) is 14.4 Å². The molecular weight excluding hydrogens is 592 g/mol. The zero-order valence-corrected chi connectivity index (χ0v) is 24.5. The van der Waals surface area contributed by atoms with Gasteiger partial charge < -0.3 is 34.1 Å². The molecule has 0 spiro atoms. The van der Waals surface area contributed by atoms with E-state index in [1.54, 1.807) is 37.3 Å². The molecule has 228 valence electrons. The molecule has 0 saturated heterocycles. The number of amides is 3. The summed E-state index contributed by atoms with van der Waals surface area (Å²) >= 11 is 6.04. The third kappa shape index (κ3) is 6.00. The molecule has 6 rings (SSSR count). The van der Waals surface area contributed by atoms with Crippen LogP contribution in [-0.2, 0) is 19.0 Å². The zero-order chi connectivity index (χ0) is 30.8. The number of hydrogen-bond acceptors (Lipinski definition) is 9. The molecule has 3 amide bonds. The van der Waals surface area contributed by atoms with Gasteiger partial charge in [-0.1, -0.05) is 17.7 Å². The molecule has 3 aliphatic rings. The minimum Gasteiger partial charge on any atom is -0.459 e. The number of aliphatic hydroxyl groups is 1. The minimum absolute atomic E-state index is 0.0687. The number of nitrogens with one attached hydrogen (secondary N) is 1. The average molecular weight is 621 g/mol. The highest BCUT2D eigenvalue weighted by Gasteiger charge is 2.37. The molecule has 3 heterocycles. The number of aliphatic hydroxyl groups excluding tert-OH is 1. The van der Waals surface area contributed by atoms with Crippen LogP contribution in [0, 0.1) is 6.92 Å². The summed E-state index contributed by atoms with van der Waals surface area (Å²) in [6.07, 6.45) is 1.44. The average Bonchev–Trinajstić information content (AvgIpc) is 3.58. The summed E-state index contributed by atoms with van der Waals surface area (Å²) in [5.74, 6) is -0.281. The molecule has 3 aromatic rings. The van der Waals surface area contributed by atoms with E-state index in [0.717, 1.165) is 10.5 Å². The molecule has 2 atom stereocenters. The van der Waals surface area contributed by atoms with Gasteiger partial charge in [-0.25, -0.2) is 4.90 Å². The maximum Gasteiger partial charge on any atom is 0.290 e. The van der Waals surface area contributed by atoms with Crippen molar-refractivity contribution in [1.29, 1.82) is 0 Å². The lowest BCUT2D eigenvalue weighted by Crippen LogP contribution is -2.31. The fraction of sp³-hybridized carbons (Fsp3) is 0.281. The van der Waals surface area contributed by atoms with Crippen molar-refractivity contribution in [3.63, 3.8) is 0 Å². The zero-order valence-electron chi connectivity index (χ0n) is 23.7. The van der Waals surface area contributed by atoms with Crippen molar-refractivity contribution in [2.75, 3.05) is 43.4 Å². The van der Waals surface area contributed by atoms with E-state index in [2.05, 4.69) is 5.32 Å². The monoisotopic (exact) mass is 620 g/mol. The molecule has 0 fully saturated rings. The fourth-order valence-corrected chi connectivity index (χ4v) is 5.48. The molecule has 0 radical (unpaired) electrons. The summed E-state index contributed by atoms with van der Waals surface area (Å²) in [6, 6.07) is 15.1. The van der Waals surface area contributed by atoms with Crippen LogP contribution in [0.15, 0.2) is 66.4 Å². The Kier molecular flexibility index (Phi) is 8.53. The van der Waals surface area contributed by atoms with E-state index in [9.17, 15) is 14.4 Å². The molecule has 12 heteroatoms. The standard InChI is InChI=1S/C32H29ClN2O9/c1-18-12-22(4-6-25(18)35-31(38)23-5-3-21(33)16-24(23)32(35)39)34-30(37)28-14-20(15-29(44-28)41-11-10-40-9-8-36)19-2-7-26-27(13-19)43-17-42-26/h2-7,12-14,16,20,29,36H,8-11,15,17H2,1H3,(H,34,37)/t20-,29+/m0/s1. The second-order valence-electron chi connectivity index (χ2n) is 10.3. The van der Waals surface area contributed by atoms with Crippen LogP contribution in [0.25, 0.3) is 0 Å². The number of carbonyl (C=O) groups is 3. The number of benzene rings is 3. The second kappa shape index (κ2) is 12.7. The van der Waals surface area contributed by atoms with Crippen LogP contribution < -0.4 is 19.7 Å². The number of rotatable bonds is 10. The summed E-state index contributed by atoms with van der Waals surface area (Å²) in [4.78, 5) is 40.6. The van der Waals surface area contributed by atoms with E-state index in [1.165, 1.54) is 12.1 Å². The van der Waals surface area contributed by atoms with Gasteiger partial charge >= 0.3 is 0 Å². The highest BCUT2D eigenvalue weighted by molar-refractivity contribution is 6.37. The number of ether oxygens (including phenoxy) is 5. The van der Waals surface area contributed by atoms with Gasteiger partial charge in [-0.15, -0.1) is 0 Å². The first-order valence-corrected chi connectivity index (χ1v) is 14.4. The van der Waals surface area contributed by atoms with Crippen molar-refractivity contribution in [2.24, 2.45) is 0 Å². The van der Waals surface area contributed by atoms with Gasteiger partial charge in [0.1, 0.15) is 0 Å². The Labute approximate surface area is 257 Å². The number of aryl methyl sites for hydroxylation is 1. The quantitative estimate of drug-likeness (QED) is 0.247. The SMILES string of the molecule is Cc1cc(NC(=O)C2=C[C@H](c3ccc4c(c3)OCO4)C[C@H](OCCOCCO)O2)ccc1N1C(=O)c2ccc(Cl)cc2C1=O. The Morgan fingerprint density at radius 2 is 1.82 bits per heavy atom. The summed E-state index contributed by atoms with van der Waals surface area (Å²) in [5, 5.41) is 12.1. The summed E-state index contributed by atoms with van der Waals surface area (Å²) in [7, 11) is 0. The normalized spacial score (nSPS) is 18.6. The van der Waals surface area contributed by atoms with Gasteiger partial charge in [-0.2, -0.15) is 0 Å². The molecule has 0 unspecified atom stereocenters. The predicted octanol–water partition coefficient (Wildman–Crippen LogP) is 4.56. The van der Waals surface area contributed by atoms with E-state index in [-0.39, 0.29) is 56.0 Å². The van der Waals surface area contributed by atoms with Crippen molar-refractivity contribution in [1.82, 2.24) is 0 Å². The van der Waals surface area contributed by atoms with E-state index >= 15 is 0 Å². The van der Waals surface area contributed by atoms with E-state index < -0.39 is 24.0 Å². The van der Waals surface area contributed by atoms with Crippen LogP contribution in [0.3, 0.4) is 0 Å². The first-order valence-electron chi connectivity index (χ1n) is 14.0. The number of carbonyl (C=O) groups excluding carboxylic acids is 3. The Bertz CT molecular complexity index is 1660. The molecule has 3 aromatic carbocycles. The number of fused-ring (bicyclic) bond motifs is 2. The van der Waals surface area contributed by atoms with Crippen molar-refractivity contribution in [3.8, 4) is 11.5 Å². The molecular formula is C32H29ClN2O9. The lowest BCUT2D eigenvalue weighted by molar-refractivity contribution is -0.148. The maximum absolute atomic E-state index is 13.4. The van der Waals surface area contributed by atoms with E-state index in [0.29, 0.717) is 39.9 Å². The minimum atomic E-state index is -0.736. The van der Waals surface area contributed by atoms with Crippen molar-refractivity contribution >= 4 is 40.7 Å². The molecule has 0 aromatic heterocycles. The van der Waals surface area contributed by atoms with Crippen LogP contribution in [0.1, 0.15) is 44.2 Å². The highest BCUT2D eigenvalue weighted by Crippen LogP contribution is 2.39. The number of halogens is 1. The Morgan fingerprint density at radius 3 is 2.64 bits per heavy atom. The van der Waals surface area contributed by atoms with Gasteiger partial charge in [0.25, 0.3) is 17.7 Å². The lowest BCUT2D eigenvalue weighted by atomic mass is 9.92. The molecule has 2 N–H and O–H groups in total.